The summed E-state index contributed by atoms with van der Waals surface area (Å²) in [6.07, 6.45) is 0. The van der Waals surface area contributed by atoms with Gasteiger partial charge in [0.2, 0.25) is 11.8 Å². The Bertz CT molecular complexity index is 712. The fourth-order valence-corrected chi connectivity index (χ4v) is 2.21. The number of hydrogen-bond acceptors (Lipinski definition) is 5. The zero-order chi connectivity index (χ0) is 17.1. The van der Waals surface area contributed by atoms with Crippen molar-refractivity contribution < 1.29 is 22.6 Å². The fraction of sp³-hybridized carbons (Fsp3) is 0.333. The number of alkyl halides is 2. The van der Waals surface area contributed by atoms with Gasteiger partial charge in [-0.05, 0) is 0 Å². The standard InChI is InChI=1S/C12H11Cl2F3N4O2/c1-21-11(23-12(16)17)7(14)9(20-21)8-6(15)4-5(13)10(19-8)22-3-2-18/h4,12H,2-3,18H2,1H3. The molecule has 126 valence electrons. The van der Waals surface area contributed by atoms with Crippen LogP contribution in [0.25, 0.3) is 11.4 Å². The highest BCUT2D eigenvalue weighted by Crippen LogP contribution is 2.37. The van der Waals surface area contributed by atoms with Crippen LogP contribution in [0.4, 0.5) is 13.2 Å². The Balaban J connectivity index is 2.49. The monoisotopic (exact) mass is 370 g/mol. The first-order chi connectivity index (χ1) is 10.8. The summed E-state index contributed by atoms with van der Waals surface area (Å²) in [6, 6.07) is 0.953. The topological polar surface area (TPSA) is 75.2 Å². The van der Waals surface area contributed by atoms with Crippen LogP contribution in [0, 0.1) is 5.82 Å². The molecule has 11 heteroatoms. The number of aryl methyl sites for hydroxylation is 1. The largest absolute Gasteiger partial charge is 0.475 e. The molecule has 0 aliphatic carbocycles. The minimum Gasteiger partial charge on any atom is -0.475 e. The third-order valence-corrected chi connectivity index (χ3v) is 3.23. The predicted molar refractivity (Wildman–Crippen MR) is 77.6 cm³/mol. The van der Waals surface area contributed by atoms with Crippen molar-refractivity contribution in [3.63, 3.8) is 0 Å². The average Bonchev–Trinajstić information content (AvgIpc) is 2.74. The summed E-state index contributed by atoms with van der Waals surface area (Å²) in [5, 5.41) is 3.46. The zero-order valence-corrected chi connectivity index (χ0v) is 13.2. The highest BCUT2D eigenvalue weighted by Gasteiger charge is 2.24. The molecule has 2 rings (SSSR count). The Morgan fingerprint density at radius 2 is 2.04 bits per heavy atom. The second-order valence-corrected chi connectivity index (χ2v) is 5.00. The van der Waals surface area contributed by atoms with E-state index in [4.69, 9.17) is 33.7 Å². The van der Waals surface area contributed by atoms with E-state index in [0.717, 1.165) is 10.7 Å². The summed E-state index contributed by atoms with van der Waals surface area (Å²) in [6.45, 7) is -2.81. The van der Waals surface area contributed by atoms with Gasteiger partial charge in [-0.2, -0.15) is 13.9 Å². The molecule has 0 aliphatic rings. The van der Waals surface area contributed by atoms with E-state index in [1.807, 2.05) is 0 Å². The summed E-state index contributed by atoms with van der Waals surface area (Å²) in [7, 11) is 1.31. The summed E-state index contributed by atoms with van der Waals surface area (Å²) in [4.78, 5) is 3.89. The molecular formula is C12H11Cl2F3N4O2. The van der Waals surface area contributed by atoms with Crippen molar-refractivity contribution in [3.05, 3.63) is 21.9 Å². The van der Waals surface area contributed by atoms with Crippen LogP contribution in [0.5, 0.6) is 11.8 Å². The van der Waals surface area contributed by atoms with E-state index in [9.17, 15) is 13.2 Å². The van der Waals surface area contributed by atoms with E-state index in [2.05, 4.69) is 14.8 Å². The molecule has 2 aromatic heterocycles. The minimum atomic E-state index is -3.11. The Labute approximate surface area is 138 Å². The van der Waals surface area contributed by atoms with Gasteiger partial charge in [0.1, 0.15) is 28.0 Å². The van der Waals surface area contributed by atoms with Gasteiger partial charge in [0.25, 0.3) is 0 Å². The van der Waals surface area contributed by atoms with E-state index in [0.29, 0.717) is 0 Å². The molecule has 0 atom stereocenters. The van der Waals surface area contributed by atoms with Gasteiger partial charge in [-0.1, -0.05) is 23.2 Å². The van der Waals surface area contributed by atoms with Crippen LogP contribution < -0.4 is 15.2 Å². The van der Waals surface area contributed by atoms with Crippen molar-refractivity contribution in [3.8, 4) is 23.1 Å². The molecule has 0 unspecified atom stereocenters. The molecule has 0 spiro atoms. The third kappa shape index (κ3) is 3.80. The summed E-state index contributed by atoms with van der Waals surface area (Å²) in [5.74, 6) is -1.34. The van der Waals surface area contributed by atoms with Gasteiger partial charge in [0.15, 0.2) is 5.82 Å². The summed E-state index contributed by atoms with van der Waals surface area (Å²) < 4.78 is 49.2. The lowest BCUT2D eigenvalue weighted by Crippen LogP contribution is -2.12. The molecule has 0 amide bonds. The maximum atomic E-state index is 14.1. The number of rotatable bonds is 6. The van der Waals surface area contributed by atoms with Crippen molar-refractivity contribution in [2.24, 2.45) is 12.8 Å². The molecule has 2 aromatic rings. The van der Waals surface area contributed by atoms with E-state index in [1.165, 1.54) is 7.05 Å². The summed E-state index contributed by atoms with van der Waals surface area (Å²) >= 11 is 11.8. The fourth-order valence-electron chi connectivity index (χ4n) is 1.72. The Hall–Kier alpha value is -1.71. The van der Waals surface area contributed by atoms with Crippen LogP contribution in [0.1, 0.15) is 0 Å². The van der Waals surface area contributed by atoms with Gasteiger partial charge >= 0.3 is 6.61 Å². The molecule has 0 fully saturated rings. The maximum Gasteiger partial charge on any atom is 0.388 e. The van der Waals surface area contributed by atoms with E-state index >= 15 is 0 Å². The van der Waals surface area contributed by atoms with Crippen molar-refractivity contribution in [1.29, 1.82) is 0 Å². The number of nitrogens with two attached hydrogens (primary N) is 1. The lowest BCUT2D eigenvalue weighted by molar-refractivity contribution is -0.0552. The SMILES string of the molecule is Cn1nc(-c2nc(OCCN)c(Cl)cc2F)c(Cl)c1OC(F)F. The second-order valence-electron chi connectivity index (χ2n) is 4.21. The number of ether oxygens (including phenoxy) is 2. The average molecular weight is 371 g/mol. The molecule has 0 saturated heterocycles. The van der Waals surface area contributed by atoms with Gasteiger partial charge < -0.3 is 15.2 Å². The third-order valence-electron chi connectivity index (χ3n) is 2.62. The zero-order valence-electron chi connectivity index (χ0n) is 11.7. The molecule has 0 bridgehead atoms. The molecule has 0 saturated carbocycles. The first-order valence-corrected chi connectivity index (χ1v) is 6.97. The van der Waals surface area contributed by atoms with Gasteiger partial charge in [-0.25, -0.2) is 14.1 Å². The van der Waals surface area contributed by atoms with Crippen LogP contribution in [-0.2, 0) is 7.05 Å². The van der Waals surface area contributed by atoms with Crippen molar-refractivity contribution >= 4 is 23.2 Å². The minimum absolute atomic E-state index is 0.0733. The van der Waals surface area contributed by atoms with Gasteiger partial charge in [0, 0.05) is 19.7 Å². The van der Waals surface area contributed by atoms with Crippen LogP contribution >= 0.6 is 23.2 Å². The predicted octanol–water partition coefficient (Wildman–Crippen LogP) is 2.87. The number of halogens is 5. The van der Waals surface area contributed by atoms with Crippen LogP contribution in [0.3, 0.4) is 0 Å². The first kappa shape index (κ1) is 17.6. The molecule has 6 nitrogen and oxygen atoms in total. The number of aromatic nitrogens is 3. The van der Waals surface area contributed by atoms with Crippen LogP contribution in [-0.4, -0.2) is 34.5 Å². The van der Waals surface area contributed by atoms with Gasteiger partial charge in [-0.15, -0.1) is 0 Å². The van der Waals surface area contributed by atoms with E-state index < -0.39 is 18.3 Å². The molecular weight excluding hydrogens is 360 g/mol. The molecule has 2 heterocycles. The lowest BCUT2D eigenvalue weighted by Gasteiger charge is -2.08. The van der Waals surface area contributed by atoms with Crippen molar-refractivity contribution in [2.75, 3.05) is 13.2 Å². The molecule has 0 radical (unpaired) electrons. The smallest absolute Gasteiger partial charge is 0.388 e. The molecule has 0 aliphatic heterocycles. The Morgan fingerprint density at radius 3 is 2.65 bits per heavy atom. The number of nitrogens with zero attached hydrogens (tertiary/aromatic N) is 3. The lowest BCUT2D eigenvalue weighted by atomic mass is 10.2. The number of pyridine rings is 1. The summed E-state index contributed by atoms with van der Waals surface area (Å²) in [5.41, 5.74) is 4.81. The van der Waals surface area contributed by atoms with Crippen LogP contribution in [0.15, 0.2) is 6.07 Å². The van der Waals surface area contributed by atoms with Gasteiger partial charge in [0.05, 0.1) is 0 Å². The Morgan fingerprint density at radius 1 is 1.35 bits per heavy atom. The van der Waals surface area contributed by atoms with E-state index in [-0.39, 0.29) is 40.5 Å². The maximum absolute atomic E-state index is 14.1. The van der Waals surface area contributed by atoms with Crippen molar-refractivity contribution in [2.45, 2.75) is 6.61 Å². The Kier molecular flexibility index (Phi) is 5.55. The number of hydrogen-bond donors (Lipinski definition) is 1. The highest BCUT2D eigenvalue weighted by molar-refractivity contribution is 6.34. The van der Waals surface area contributed by atoms with E-state index in [1.54, 1.807) is 0 Å². The van der Waals surface area contributed by atoms with Gasteiger partial charge in [-0.3, -0.25) is 0 Å². The quantitative estimate of drug-likeness (QED) is 0.845. The van der Waals surface area contributed by atoms with Crippen LogP contribution in [0.2, 0.25) is 10.0 Å². The second kappa shape index (κ2) is 7.24. The molecule has 23 heavy (non-hydrogen) atoms. The van der Waals surface area contributed by atoms with Crippen molar-refractivity contribution in [1.82, 2.24) is 14.8 Å². The molecule has 2 N–H and O–H groups in total. The first-order valence-electron chi connectivity index (χ1n) is 6.21. The molecule has 0 aromatic carbocycles. The normalized spacial score (nSPS) is 11.1. The highest BCUT2D eigenvalue weighted by atomic mass is 35.5.